The average Bonchev–Trinajstić information content (AvgIpc) is 3.34. The Morgan fingerprint density at radius 1 is 0.935 bits per heavy atom. The monoisotopic (exact) mass is 694 g/mol. The number of methoxy groups -OCH3 is 2. The van der Waals surface area contributed by atoms with Crippen LogP contribution < -0.4 is 20.7 Å². The number of hydrogen-bond donors (Lipinski definition) is 1. The van der Waals surface area contributed by atoms with Crippen molar-refractivity contribution in [1.82, 2.24) is 9.55 Å². The molecule has 1 N–H and O–H groups in total. The number of nitrogens with one attached hydrogen (secondary N) is 1. The number of ether oxygens (including phenoxy) is 4. The third kappa shape index (κ3) is 7.07. The molecule has 0 spiro atoms. The van der Waals surface area contributed by atoms with Gasteiger partial charge in [-0.05, 0) is 34.3 Å². The number of carbonyl (C=O) groups is 1. The summed E-state index contributed by atoms with van der Waals surface area (Å²) in [4.78, 5) is 41.4. The first-order chi connectivity index (χ1) is 21.7. The van der Waals surface area contributed by atoms with Crippen LogP contribution in [0.25, 0.3) is 0 Å². The van der Waals surface area contributed by atoms with Gasteiger partial charge >= 0.3 is 20.2 Å². The fraction of sp³-hybridized carbons (Fsp3) is 0.656. The molecule has 4 atom stereocenters. The fourth-order valence-electron chi connectivity index (χ4n) is 6.64. The van der Waals surface area contributed by atoms with Gasteiger partial charge in [0.25, 0.3) is 5.56 Å². The molecule has 2 aliphatic heterocycles. The maximum Gasteiger partial charge on any atom is 0.343 e. The van der Waals surface area contributed by atoms with E-state index < -0.39 is 51.4 Å². The lowest BCUT2D eigenvalue weighted by atomic mass is 10.1. The van der Waals surface area contributed by atoms with Crippen molar-refractivity contribution in [2.75, 3.05) is 33.3 Å². The van der Waals surface area contributed by atoms with Gasteiger partial charge in [-0.2, -0.15) is 0 Å². The predicted octanol–water partition coefficient (Wildman–Crippen LogP) is 5.43. The molecule has 11 nitrogen and oxygen atoms in total. The van der Waals surface area contributed by atoms with E-state index in [4.69, 9.17) is 27.8 Å². The van der Waals surface area contributed by atoms with Crippen molar-refractivity contribution in [3.63, 3.8) is 0 Å². The van der Waals surface area contributed by atoms with E-state index in [1.165, 1.54) is 42.8 Å². The lowest BCUT2D eigenvalue weighted by molar-refractivity contribution is -0.0497. The first-order valence-electron chi connectivity index (χ1n) is 16.0. The van der Waals surface area contributed by atoms with Crippen LogP contribution in [0.2, 0.25) is 22.2 Å². The van der Waals surface area contributed by atoms with Gasteiger partial charge in [0.15, 0.2) is 6.10 Å². The number of aromatic nitrogens is 2. The van der Waals surface area contributed by atoms with Crippen LogP contribution in [0.3, 0.4) is 0 Å². The first-order valence-corrected chi connectivity index (χ1v) is 21.5. The van der Waals surface area contributed by atoms with E-state index in [0.717, 1.165) is 0 Å². The smallest absolute Gasteiger partial charge is 0.343 e. The molecule has 2 aliphatic rings. The molecular formula is C32H50N2O9SSi2. The van der Waals surface area contributed by atoms with Crippen LogP contribution in [0.4, 0.5) is 0 Å². The minimum Gasteiger partial charge on any atom is -0.497 e. The molecule has 14 heteroatoms. The second kappa shape index (κ2) is 14.8. The number of rotatable bonds is 9. The van der Waals surface area contributed by atoms with Crippen LogP contribution in [0.1, 0.15) is 71.1 Å². The summed E-state index contributed by atoms with van der Waals surface area (Å²) in [5, 5.41) is -0.988. The van der Waals surface area contributed by atoms with Crippen LogP contribution in [0.15, 0.2) is 40.1 Å². The predicted molar refractivity (Wildman–Crippen MR) is 184 cm³/mol. The molecule has 1 unspecified atom stereocenters. The summed E-state index contributed by atoms with van der Waals surface area (Å²) in [5.74, 6) is 0.207. The molecule has 2 saturated heterocycles. The summed E-state index contributed by atoms with van der Waals surface area (Å²) in [6.45, 7) is 18.0. The van der Waals surface area contributed by atoms with E-state index in [1.807, 2.05) is 0 Å². The van der Waals surface area contributed by atoms with E-state index in [0.29, 0.717) is 41.6 Å². The van der Waals surface area contributed by atoms with E-state index in [-0.39, 0.29) is 21.9 Å². The maximum absolute atomic E-state index is 13.9. The Bertz CT molecular complexity index is 1460. The van der Waals surface area contributed by atoms with E-state index in [9.17, 15) is 14.4 Å². The summed E-state index contributed by atoms with van der Waals surface area (Å²) < 4.78 is 39.4. The highest BCUT2D eigenvalue weighted by atomic mass is 32.2. The number of carbonyl (C=O) groups excluding carboxylic acids is 1. The van der Waals surface area contributed by atoms with Gasteiger partial charge in [-0.3, -0.25) is 14.3 Å². The van der Waals surface area contributed by atoms with Crippen LogP contribution in [0, 0.1) is 0 Å². The first kappa shape index (κ1) is 36.5. The molecule has 256 valence electrons. The lowest BCUT2D eigenvalue weighted by Crippen LogP contribution is -2.60. The molecule has 1 aromatic heterocycles. The highest BCUT2D eigenvalue weighted by molar-refractivity contribution is 8.00. The second-order valence-electron chi connectivity index (χ2n) is 13.5. The Morgan fingerprint density at radius 2 is 1.61 bits per heavy atom. The third-order valence-corrected chi connectivity index (χ3v) is 22.0. The number of nitrogens with zero attached hydrogens (tertiary/aromatic N) is 1. The van der Waals surface area contributed by atoms with Gasteiger partial charge in [0.05, 0.1) is 26.1 Å². The zero-order valence-electron chi connectivity index (χ0n) is 28.7. The molecule has 0 saturated carbocycles. The number of H-pyrrole nitrogens is 1. The molecule has 0 radical (unpaired) electrons. The SMILES string of the molecule is COc1ccc(C(=O)O[C@H]2C(n3ccc(=O)[nH]c3=O)S[C@@H]3CO[Si](C(C)C)(C(C)C)OC[Si](C(C)C)(C(C)C)CO[C@H]32)c(OC)c1. The van der Waals surface area contributed by atoms with Crippen molar-refractivity contribution in [1.29, 1.82) is 0 Å². The second-order valence-corrected chi connectivity index (χ2v) is 24.5. The lowest BCUT2D eigenvalue weighted by Gasteiger charge is -2.46. The Kier molecular flexibility index (Phi) is 11.7. The molecule has 2 fully saturated rings. The summed E-state index contributed by atoms with van der Waals surface area (Å²) in [7, 11) is -2.02. The van der Waals surface area contributed by atoms with Crippen LogP contribution in [-0.2, 0) is 18.3 Å². The van der Waals surface area contributed by atoms with Crippen LogP contribution in [0.5, 0.6) is 11.5 Å². The number of esters is 1. The molecule has 3 heterocycles. The number of thioether (sulfide) groups is 1. The zero-order valence-corrected chi connectivity index (χ0v) is 31.5. The van der Waals surface area contributed by atoms with Gasteiger partial charge in [-0.25, -0.2) is 9.59 Å². The normalized spacial score (nSPS) is 24.7. The summed E-state index contributed by atoms with van der Waals surface area (Å²) in [6.07, 6.45) is 1.07. The van der Waals surface area contributed by atoms with Crippen molar-refractivity contribution in [3.8, 4) is 11.5 Å². The summed E-state index contributed by atoms with van der Waals surface area (Å²) in [5.41, 5.74) is 0.177. The van der Waals surface area contributed by atoms with Crippen LogP contribution in [-0.4, -0.2) is 82.9 Å². The quantitative estimate of drug-likeness (QED) is 0.268. The van der Waals surface area contributed by atoms with Gasteiger partial charge in [0, 0.05) is 30.8 Å². The van der Waals surface area contributed by atoms with E-state index in [1.54, 1.807) is 18.2 Å². The molecule has 4 rings (SSSR count). The molecule has 1 aromatic carbocycles. The largest absolute Gasteiger partial charge is 0.497 e. The molecule has 0 amide bonds. The zero-order chi connectivity index (χ0) is 34.0. The van der Waals surface area contributed by atoms with Gasteiger partial charge in [-0.1, -0.05) is 55.4 Å². The summed E-state index contributed by atoms with van der Waals surface area (Å²) >= 11 is 1.45. The van der Waals surface area contributed by atoms with E-state index in [2.05, 4.69) is 60.4 Å². The Labute approximate surface area is 277 Å². The van der Waals surface area contributed by atoms with Gasteiger partial charge in [0.2, 0.25) is 0 Å². The van der Waals surface area contributed by atoms with Crippen molar-refractivity contribution in [2.24, 2.45) is 0 Å². The van der Waals surface area contributed by atoms with Crippen molar-refractivity contribution in [3.05, 3.63) is 56.9 Å². The topological polar surface area (TPSA) is 127 Å². The third-order valence-electron chi connectivity index (χ3n) is 9.78. The van der Waals surface area contributed by atoms with E-state index >= 15 is 0 Å². The van der Waals surface area contributed by atoms with Crippen molar-refractivity contribution < 1.29 is 32.6 Å². The highest BCUT2D eigenvalue weighted by Crippen LogP contribution is 2.48. The summed E-state index contributed by atoms with van der Waals surface area (Å²) in [6, 6.07) is 6.17. The van der Waals surface area contributed by atoms with Crippen molar-refractivity contribution >= 4 is 34.4 Å². The standard InChI is InChI=1S/C32H50N2O9SSi2/c1-19(2)45(20(3)4)17-40-28-26(16-41-46(21(5)6,22(7)8)42-18-45)44-30(34-14-13-27(35)33-32(34)37)29(28)43-31(36)24-12-11-23(38-9)15-25(24)39-10/h11-15,19-22,26,28-30H,16-18H2,1-10H3,(H,33,35,37)/t26-,28-,29-,30?/m1/s1. The molecule has 46 heavy (non-hydrogen) atoms. The Morgan fingerprint density at radius 3 is 2.17 bits per heavy atom. The molecule has 0 aliphatic carbocycles. The maximum atomic E-state index is 13.9. The fourth-order valence-corrected chi connectivity index (χ4v) is 16.7. The Balaban J connectivity index is 1.84. The van der Waals surface area contributed by atoms with Gasteiger partial charge < -0.3 is 27.8 Å². The minimum atomic E-state index is -2.75. The van der Waals surface area contributed by atoms with Gasteiger partial charge in [-0.15, -0.1) is 11.8 Å². The number of hydrogen-bond acceptors (Lipinski definition) is 10. The number of benzene rings is 1. The molecule has 0 bridgehead atoms. The number of fused-ring (bicyclic) bond motifs is 1. The average molecular weight is 695 g/mol. The molecule has 2 aromatic rings. The van der Waals surface area contributed by atoms with Crippen LogP contribution >= 0.6 is 11.8 Å². The molecular weight excluding hydrogens is 645 g/mol. The minimum absolute atomic E-state index is 0.192. The van der Waals surface area contributed by atoms with Crippen molar-refractivity contribution in [2.45, 2.75) is 100 Å². The van der Waals surface area contributed by atoms with Gasteiger partial charge in [0.1, 0.15) is 36.6 Å². The Hall–Kier alpha value is -2.37. The highest BCUT2D eigenvalue weighted by Gasteiger charge is 2.55. The number of aromatic amines is 1.